The minimum atomic E-state index is 0.352. The van der Waals surface area contributed by atoms with Gasteiger partial charge in [-0.2, -0.15) is 0 Å². The largest absolute Gasteiger partial charge is 0.380 e. The minimum Gasteiger partial charge on any atom is -0.380 e. The molecule has 1 aliphatic heterocycles. The summed E-state index contributed by atoms with van der Waals surface area (Å²) >= 11 is 0. The van der Waals surface area contributed by atoms with E-state index in [1.54, 1.807) is 7.11 Å². The number of piperidine rings is 1. The minimum absolute atomic E-state index is 0.352. The fraction of sp³-hybridized carbons (Fsp3) is 0.875. The molecular weight excluding hydrogens is 140 g/mol. The van der Waals surface area contributed by atoms with Crippen LogP contribution >= 0.6 is 0 Å². The third kappa shape index (κ3) is 2.49. The summed E-state index contributed by atoms with van der Waals surface area (Å²) in [6, 6.07) is 0. The van der Waals surface area contributed by atoms with Gasteiger partial charge in [0, 0.05) is 20.2 Å². The first-order valence-corrected chi connectivity index (χ1v) is 3.95. The van der Waals surface area contributed by atoms with Crippen molar-refractivity contribution < 1.29 is 4.74 Å². The molecule has 1 heterocycles. The second-order valence-electron chi connectivity index (χ2n) is 2.88. The maximum Gasteiger partial charge on any atom is 0.270 e. The number of likely N-dealkylation sites (tertiary alicyclic amines) is 1. The Hall–Kier alpha value is -0.590. The smallest absolute Gasteiger partial charge is 0.270 e. The summed E-state index contributed by atoms with van der Waals surface area (Å²) < 4.78 is 5.22. The third-order valence-electron chi connectivity index (χ3n) is 2.07. The van der Waals surface area contributed by atoms with E-state index in [-0.39, 0.29) is 0 Å². The average molecular weight is 154 g/mol. The molecule has 1 fully saturated rings. The molecule has 0 N–H and O–H groups in total. The Balaban J connectivity index is 2.28. The molecular formula is C8H14N2O. The number of hydrogen-bond donors (Lipinski definition) is 0. The zero-order chi connectivity index (χ0) is 8.10. The first-order chi connectivity index (χ1) is 5.36. The number of hydrogen-bond acceptors (Lipinski definition) is 2. The Morgan fingerprint density at radius 2 is 2.55 bits per heavy atom. The maximum absolute atomic E-state index is 6.70. The van der Waals surface area contributed by atoms with Gasteiger partial charge in [-0.05, 0) is 12.8 Å². The van der Waals surface area contributed by atoms with Crippen molar-refractivity contribution >= 4 is 0 Å². The van der Waals surface area contributed by atoms with Crippen LogP contribution in [0, 0.1) is 6.57 Å². The fourth-order valence-corrected chi connectivity index (χ4v) is 1.43. The molecule has 0 amide bonds. The molecule has 11 heavy (non-hydrogen) atoms. The highest BCUT2D eigenvalue weighted by Gasteiger charge is 2.19. The molecule has 0 bridgehead atoms. The molecule has 62 valence electrons. The lowest BCUT2D eigenvalue weighted by atomic mass is 10.1. The van der Waals surface area contributed by atoms with Crippen LogP contribution in [0.5, 0.6) is 0 Å². The van der Waals surface area contributed by atoms with Crippen LogP contribution in [0.2, 0.25) is 0 Å². The van der Waals surface area contributed by atoms with E-state index >= 15 is 0 Å². The molecule has 0 aromatic carbocycles. The van der Waals surface area contributed by atoms with Crippen molar-refractivity contribution in [3.8, 4) is 0 Å². The SMILES string of the molecule is [C-]#[N+]CN1CCCC(OC)C1. The van der Waals surface area contributed by atoms with Crippen LogP contribution in [-0.4, -0.2) is 37.9 Å². The molecule has 1 aliphatic rings. The normalized spacial score (nSPS) is 26.4. The predicted molar refractivity (Wildman–Crippen MR) is 43.1 cm³/mol. The highest BCUT2D eigenvalue weighted by molar-refractivity contribution is 4.74. The number of ether oxygens (including phenoxy) is 1. The molecule has 1 rings (SSSR count). The van der Waals surface area contributed by atoms with Crippen LogP contribution in [0.4, 0.5) is 0 Å². The van der Waals surface area contributed by atoms with Gasteiger partial charge in [0.15, 0.2) is 0 Å². The van der Waals surface area contributed by atoms with Crippen molar-refractivity contribution in [2.75, 3.05) is 26.9 Å². The zero-order valence-electron chi connectivity index (χ0n) is 6.92. The lowest BCUT2D eigenvalue weighted by molar-refractivity contribution is 0.0355. The topological polar surface area (TPSA) is 16.8 Å². The molecule has 0 radical (unpaired) electrons. The summed E-state index contributed by atoms with van der Waals surface area (Å²) in [6.45, 7) is 9.22. The molecule has 0 spiro atoms. The average Bonchev–Trinajstić information content (AvgIpc) is 2.06. The van der Waals surface area contributed by atoms with Crippen molar-refractivity contribution in [2.24, 2.45) is 0 Å². The van der Waals surface area contributed by atoms with E-state index in [0.717, 1.165) is 25.9 Å². The Kier molecular flexibility index (Phi) is 3.34. The van der Waals surface area contributed by atoms with E-state index in [9.17, 15) is 0 Å². The highest BCUT2D eigenvalue weighted by Crippen LogP contribution is 2.11. The second kappa shape index (κ2) is 4.32. The number of methoxy groups -OCH3 is 1. The quantitative estimate of drug-likeness (QED) is 0.551. The summed E-state index contributed by atoms with van der Waals surface area (Å²) in [5.41, 5.74) is 0. The Labute approximate surface area is 67.8 Å². The summed E-state index contributed by atoms with van der Waals surface area (Å²) in [5, 5.41) is 0. The van der Waals surface area contributed by atoms with Crippen LogP contribution < -0.4 is 0 Å². The molecule has 0 aromatic heterocycles. The molecule has 1 atom stereocenters. The van der Waals surface area contributed by atoms with Crippen LogP contribution in [0.25, 0.3) is 4.85 Å². The molecule has 1 unspecified atom stereocenters. The van der Waals surface area contributed by atoms with Crippen LogP contribution in [0.3, 0.4) is 0 Å². The van der Waals surface area contributed by atoms with Crippen molar-refractivity contribution in [2.45, 2.75) is 18.9 Å². The lowest BCUT2D eigenvalue weighted by Gasteiger charge is -2.27. The molecule has 0 aromatic rings. The zero-order valence-corrected chi connectivity index (χ0v) is 6.92. The van der Waals surface area contributed by atoms with E-state index in [2.05, 4.69) is 9.74 Å². The van der Waals surface area contributed by atoms with E-state index < -0.39 is 0 Å². The van der Waals surface area contributed by atoms with Gasteiger partial charge in [0.05, 0.1) is 6.10 Å². The van der Waals surface area contributed by atoms with Gasteiger partial charge in [-0.3, -0.25) is 4.85 Å². The van der Waals surface area contributed by atoms with Gasteiger partial charge in [-0.1, -0.05) is 0 Å². The molecule has 3 heteroatoms. The third-order valence-corrected chi connectivity index (χ3v) is 2.07. The highest BCUT2D eigenvalue weighted by atomic mass is 16.5. The van der Waals surface area contributed by atoms with Gasteiger partial charge in [0.1, 0.15) is 0 Å². The van der Waals surface area contributed by atoms with Gasteiger partial charge < -0.3 is 4.74 Å². The van der Waals surface area contributed by atoms with Crippen molar-refractivity contribution in [3.05, 3.63) is 11.4 Å². The van der Waals surface area contributed by atoms with E-state index in [0.29, 0.717) is 12.8 Å². The molecule has 3 nitrogen and oxygen atoms in total. The van der Waals surface area contributed by atoms with Crippen LogP contribution in [-0.2, 0) is 4.74 Å². The fourth-order valence-electron chi connectivity index (χ4n) is 1.43. The maximum atomic E-state index is 6.70. The van der Waals surface area contributed by atoms with Gasteiger partial charge in [0.2, 0.25) is 0 Å². The standard InChI is InChI=1S/C8H14N2O/c1-9-7-10-5-3-4-8(6-10)11-2/h8H,3-7H2,2H3. The van der Waals surface area contributed by atoms with Gasteiger partial charge >= 0.3 is 0 Å². The van der Waals surface area contributed by atoms with Crippen molar-refractivity contribution in [3.63, 3.8) is 0 Å². The van der Waals surface area contributed by atoms with Gasteiger partial charge in [-0.25, -0.2) is 11.5 Å². The van der Waals surface area contributed by atoms with Crippen LogP contribution in [0.1, 0.15) is 12.8 Å². The Bertz CT molecular complexity index is 153. The number of rotatable bonds is 2. The van der Waals surface area contributed by atoms with Crippen LogP contribution in [0.15, 0.2) is 0 Å². The first-order valence-electron chi connectivity index (χ1n) is 3.95. The number of nitrogens with zero attached hydrogens (tertiary/aromatic N) is 2. The van der Waals surface area contributed by atoms with Gasteiger partial charge in [0.25, 0.3) is 6.67 Å². The molecule has 0 saturated carbocycles. The van der Waals surface area contributed by atoms with Gasteiger partial charge in [-0.15, -0.1) is 0 Å². The second-order valence-corrected chi connectivity index (χ2v) is 2.88. The first kappa shape index (κ1) is 8.51. The summed E-state index contributed by atoms with van der Waals surface area (Å²) in [5.74, 6) is 0. The molecule has 0 aliphatic carbocycles. The van der Waals surface area contributed by atoms with E-state index in [1.807, 2.05) is 0 Å². The Morgan fingerprint density at radius 3 is 3.18 bits per heavy atom. The monoisotopic (exact) mass is 154 g/mol. The summed E-state index contributed by atoms with van der Waals surface area (Å²) in [7, 11) is 1.74. The molecule has 1 saturated heterocycles. The summed E-state index contributed by atoms with van der Waals surface area (Å²) in [6.07, 6.45) is 2.66. The summed E-state index contributed by atoms with van der Waals surface area (Å²) in [4.78, 5) is 5.49. The predicted octanol–water partition coefficient (Wildman–Crippen LogP) is 0.974. The van der Waals surface area contributed by atoms with Crippen molar-refractivity contribution in [1.82, 2.24) is 4.90 Å². The Morgan fingerprint density at radius 1 is 1.73 bits per heavy atom. The van der Waals surface area contributed by atoms with Crippen molar-refractivity contribution in [1.29, 1.82) is 0 Å². The lowest BCUT2D eigenvalue weighted by Crippen LogP contribution is -2.38. The van der Waals surface area contributed by atoms with E-state index in [4.69, 9.17) is 11.3 Å². The van der Waals surface area contributed by atoms with E-state index in [1.165, 1.54) is 0 Å².